The van der Waals surface area contributed by atoms with Crippen molar-refractivity contribution in [2.24, 2.45) is 11.8 Å². The second kappa shape index (κ2) is 10.6. The summed E-state index contributed by atoms with van der Waals surface area (Å²) in [7, 11) is 1.55. The Labute approximate surface area is 153 Å². The van der Waals surface area contributed by atoms with Crippen LogP contribution in [0.1, 0.15) is 37.4 Å². The van der Waals surface area contributed by atoms with Crippen LogP contribution in [0.3, 0.4) is 0 Å². The maximum absolute atomic E-state index is 13.1. The number of methoxy groups -OCH3 is 1. The molecule has 26 heavy (non-hydrogen) atoms. The molecular formula is C19H29FN2O4. The molecule has 0 unspecified atom stereocenters. The minimum atomic E-state index is -0.440. The number of hydrogen-bond donors (Lipinski definition) is 3. The van der Waals surface area contributed by atoms with E-state index in [2.05, 4.69) is 4.90 Å². The quantitative estimate of drug-likeness (QED) is 0.459. The second-order valence-corrected chi connectivity index (χ2v) is 6.96. The zero-order valence-corrected chi connectivity index (χ0v) is 15.2. The van der Waals surface area contributed by atoms with E-state index in [1.165, 1.54) is 12.1 Å². The van der Waals surface area contributed by atoms with Crippen molar-refractivity contribution in [1.82, 2.24) is 10.4 Å². The summed E-state index contributed by atoms with van der Waals surface area (Å²) in [5.74, 6) is -0.897. The first-order valence-electron chi connectivity index (χ1n) is 9.12. The predicted molar refractivity (Wildman–Crippen MR) is 95.1 cm³/mol. The normalized spacial score (nSPS) is 20.5. The topological polar surface area (TPSA) is 82.0 Å². The van der Waals surface area contributed by atoms with Gasteiger partial charge in [0.25, 0.3) is 0 Å². The average Bonchev–Trinajstić information content (AvgIpc) is 2.68. The number of carbonyl (C=O) groups excluding carboxylic acids is 1. The molecule has 1 aliphatic rings. The van der Waals surface area contributed by atoms with Gasteiger partial charge in [0.1, 0.15) is 5.82 Å². The van der Waals surface area contributed by atoms with Crippen LogP contribution < -0.4 is 5.48 Å². The van der Waals surface area contributed by atoms with Crippen LogP contribution in [-0.2, 0) is 9.53 Å². The summed E-state index contributed by atoms with van der Waals surface area (Å²) in [5, 5.41) is 18.4. The third-order valence-corrected chi connectivity index (χ3v) is 5.16. The van der Waals surface area contributed by atoms with Crippen LogP contribution in [0.5, 0.6) is 0 Å². The van der Waals surface area contributed by atoms with E-state index < -0.39 is 11.8 Å². The number of nitrogens with zero attached hydrogens (tertiary/aromatic N) is 1. The van der Waals surface area contributed by atoms with Gasteiger partial charge < -0.3 is 14.7 Å². The summed E-state index contributed by atoms with van der Waals surface area (Å²) >= 11 is 0. The van der Waals surface area contributed by atoms with Crippen LogP contribution in [0.2, 0.25) is 0 Å². The lowest BCUT2D eigenvalue weighted by molar-refractivity contribution is -0.135. The maximum Gasteiger partial charge on any atom is 0.246 e. The maximum atomic E-state index is 13.1. The van der Waals surface area contributed by atoms with Gasteiger partial charge in [0.2, 0.25) is 5.91 Å². The molecule has 1 saturated heterocycles. The molecule has 1 aliphatic heterocycles. The number of ether oxygens (including phenoxy) is 1. The van der Waals surface area contributed by atoms with Crippen LogP contribution in [0.4, 0.5) is 4.39 Å². The van der Waals surface area contributed by atoms with E-state index in [1.807, 2.05) is 0 Å². The second-order valence-electron chi connectivity index (χ2n) is 6.96. The lowest BCUT2D eigenvalue weighted by Crippen LogP contribution is -2.39. The number of aliphatic hydroxyl groups excluding tert-OH is 1. The molecule has 0 radical (unpaired) electrons. The molecule has 0 bridgehead atoms. The highest BCUT2D eigenvalue weighted by Gasteiger charge is 2.26. The van der Waals surface area contributed by atoms with Crippen molar-refractivity contribution in [3.63, 3.8) is 0 Å². The molecule has 1 aromatic carbocycles. The fraction of sp³-hybridized carbons (Fsp3) is 0.632. The average molecular weight is 368 g/mol. The number of benzene rings is 1. The number of nitrogens with one attached hydrogen (secondary N) is 1. The number of hydrogen-bond acceptors (Lipinski definition) is 5. The molecule has 2 rings (SSSR count). The molecule has 6 nitrogen and oxygen atoms in total. The first-order chi connectivity index (χ1) is 12.6. The van der Waals surface area contributed by atoms with Crippen molar-refractivity contribution in [3.8, 4) is 0 Å². The summed E-state index contributed by atoms with van der Waals surface area (Å²) in [6, 6.07) is 6.03. The number of aliphatic hydroxyl groups is 1. The van der Waals surface area contributed by atoms with E-state index in [9.17, 15) is 14.3 Å². The predicted octanol–water partition coefficient (Wildman–Crippen LogP) is 2.12. The van der Waals surface area contributed by atoms with Crippen LogP contribution in [-0.4, -0.2) is 54.5 Å². The minimum absolute atomic E-state index is 0.188. The first-order valence-corrected chi connectivity index (χ1v) is 9.12. The van der Waals surface area contributed by atoms with Gasteiger partial charge in [0.05, 0.1) is 6.10 Å². The smallest absolute Gasteiger partial charge is 0.246 e. The molecule has 0 saturated carbocycles. The molecule has 3 N–H and O–H groups in total. The number of halogens is 1. The fourth-order valence-corrected chi connectivity index (χ4v) is 3.59. The third kappa shape index (κ3) is 6.02. The lowest BCUT2D eigenvalue weighted by Gasteiger charge is -2.32. The molecule has 1 amide bonds. The van der Waals surface area contributed by atoms with Gasteiger partial charge in [-0.25, -0.2) is 9.87 Å². The summed E-state index contributed by atoms with van der Waals surface area (Å²) in [4.78, 5) is 14.4. The zero-order valence-electron chi connectivity index (χ0n) is 15.2. The summed E-state index contributed by atoms with van der Waals surface area (Å²) < 4.78 is 18.6. The molecule has 146 valence electrons. The Kier molecular flexibility index (Phi) is 8.44. The molecule has 7 heteroatoms. The third-order valence-electron chi connectivity index (χ3n) is 5.16. The number of piperidine rings is 1. The van der Waals surface area contributed by atoms with Crippen molar-refractivity contribution < 1.29 is 24.2 Å². The highest BCUT2D eigenvalue weighted by atomic mass is 19.1. The van der Waals surface area contributed by atoms with Crippen molar-refractivity contribution >= 4 is 5.91 Å². The van der Waals surface area contributed by atoms with Crippen LogP contribution in [0.25, 0.3) is 0 Å². The van der Waals surface area contributed by atoms with Gasteiger partial charge in [0, 0.05) is 26.2 Å². The summed E-state index contributed by atoms with van der Waals surface area (Å²) in [6.07, 6.45) is 2.68. The molecule has 0 aliphatic carbocycles. The SMILES string of the molecule is CO[C@H](C[C@H](CCN1CCC[C@@H](CO)C1)C(=O)NO)c1ccc(F)cc1. The molecule has 0 spiro atoms. The van der Waals surface area contributed by atoms with E-state index >= 15 is 0 Å². The van der Waals surface area contributed by atoms with Crippen molar-refractivity contribution in [3.05, 3.63) is 35.6 Å². The van der Waals surface area contributed by atoms with E-state index in [0.29, 0.717) is 25.3 Å². The Hall–Kier alpha value is -1.54. The van der Waals surface area contributed by atoms with Gasteiger partial charge in [-0.05, 0) is 62.4 Å². The Morgan fingerprint density at radius 1 is 1.42 bits per heavy atom. The van der Waals surface area contributed by atoms with Crippen molar-refractivity contribution in [1.29, 1.82) is 0 Å². The largest absolute Gasteiger partial charge is 0.396 e. The number of likely N-dealkylation sites (tertiary alicyclic amines) is 1. The van der Waals surface area contributed by atoms with E-state index in [-0.39, 0.29) is 18.5 Å². The number of carbonyl (C=O) groups is 1. The number of amides is 1. The first kappa shape index (κ1) is 20.8. The van der Waals surface area contributed by atoms with Gasteiger partial charge >= 0.3 is 0 Å². The van der Waals surface area contributed by atoms with E-state index in [1.54, 1.807) is 24.7 Å². The minimum Gasteiger partial charge on any atom is -0.396 e. The summed E-state index contributed by atoms with van der Waals surface area (Å²) in [6.45, 7) is 2.69. The van der Waals surface area contributed by atoms with Crippen LogP contribution in [0.15, 0.2) is 24.3 Å². The van der Waals surface area contributed by atoms with Crippen LogP contribution >= 0.6 is 0 Å². The molecule has 1 fully saturated rings. The van der Waals surface area contributed by atoms with Gasteiger partial charge in [-0.1, -0.05) is 12.1 Å². The molecule has 0 aromatic heterocycles. The van der Waals surface area contributed by atoms with Gasteiger partial charge in [-0.2, -0.15) is 0 Å². The molecule has 3 atom stereocenters. The highest BCUT2D eigenvalue weighted by molar-refractivity contribution is 5.77. The molecule has 1 heterocycles. The molecular weight excluding hydrogens is 339 g/mol. The Bertz CT molecular complexity index is 555. The lowest BCUT2D eigenvalue weighted by atomic mass is 9.92. The fourth-order valence-electron chi connectivity index (χ4n) is 3.59. The monoisotopic (exact) mass is 368 g/mol. The van der Waals surface area contributed by atoms with E-state index in [0.717, 1.165) is 31.5 Å². The van der Waals surface area contributed by atoms with E-state index in [4.69, 9.17) is 9.94 Å². The number of rotatable bonds is 9. The Balaban J connectivity index is 1.97. The van der Waals surface area contributed by atoms with Gasteiger partial charge in [0.15, 0.2) is 0 Å². The zero-order chi connectivity index (χ0) is 18.9. The highest BCUT2D eigenvalue weighted by Crippen LogP contribution is 2.27. The summed E-state index contributed by atoms with van der Waals surface area (Å²) in [5.41, 5.74) is 2.54. The van der Waals surface area contributed by atoms with Crippen molar-refractivity contribution in [2.75, 3.05) is 33.4 Å². The van der Waals surface area contributed by atoms with Gasteiger partial charge in [-0.15, -0.1) is 0 Å². The van der Waals surface area contributed by atoms with Gasteiger partial charge in [-0.3, -0.25) is 10.0 Å². The van der Waals surface area contributed by atoms with Crippen LogP contribution in [0, 0.1) is 17.7 Å². The van der Waals surface area contributed by atoms with Crippen molar-refractivity contribution in [2.45, 2.75) is 31.8 Å². The standard InChI is InChI=1S/C19H29FN2O4/c1-26-18(15-4-6-17(20)7-5-15)11-16(19(24)21-25)8-10-22-9-2-3-14(12-22)13-23/h4-7,14,16,18,23,25H,2-3,8-13H2,1H3,(H,21,24)/t14-,16+,18-/m1/s1. The molecule has 1 aromatic rings. The Morgan fingerprint density at radius 2 is 2.15 bits per heavy atom. The number of hydroxylamine groups is 1. The Morgan fingerprint density at radius 3 is 2.77 bits per heavy atom.